The lowest BCUT2D eigenvalue weighted by Gasteiger charge is -2.13. The highest BCUT2D eigenvalue weighted by molar-refractivity contribution is 7.09. The van der Waals surface area contributed by atoms with Crippen LogP contribution < -0.4 is 10.1 Å². The summed E-state index contributed by atoms with van der Waals surface area (Å²) < 4.78 is 19.5. The van der Waals surface area contributed by atoms with E-state index >= 15 is 0 Å². The zero-order chi connectivity index (χ0) is 16.8. The quantitative estimate of drug-likeness (QED) is 0.607. The van der Waals surface area contributed by atoms with Crippen LogP contribution in [-0.4, -0.2) is 0 Å². The van der Waals surface area contributed by atoms with Gasteiger partial charge in [-0.25, -0.2) is 4.39 Å². The molecule has 2 aromatic carbocycles. The fourth-order valence-corrected chi connectivity index (χ4v) is 3.20. The molecule has 0 aliphatic rings. The predicted molar refractivity (Wildman–Crippen MR) is 97.0 cm³/mol. The fraction of sp³-hybridized carbons (Fsp3) is 0.158. The van der Waals surface area contributed by atoms with E-state index in [1.807, 2.05) is 18.2 Å². The van der Waals surface area contributed by atoms with Gasteiger partial charge in [-0.05, 0) is 35.7 Å². The average molecular weight is 362 g/mol. The first-order chi connectivity index (χ1) is 11.7. The van der Waals surface area contributed by atoms with Crippen LogP contribution in [0.4, 0.5) is 4.39 Å². The monoisotopic (exact) mass is 361 g/mol. The molecular weight excluding hydrogens is 345 g/mol. The van der Waals surface area contributed by atoms with Crippen molar-refractivity contribution in [3.05, 3.63) is 86.8 Å². The molecule has 1 heterocycles. The largest absolute Gasteiger partial charge is 0.488 e. The molecule has 24 heavy (non-hydrogen) atoms. The minimum Gasteiger partial charge on any atom is -0.488 e. The molecule has 0 saturated carbocycles. The van der Waals surface area contributed by atoms with Crippen molar-refractivity contribution < 1.29 is 9.13 Å². The van der Waals surface area contributed by atoms with Crippen molar-refractivity contribution in [1.82, 2.24) is 5.32 Å². The third-order valence-corrected chi connectivity index (χ3v) is 4.67. The van der Waals surface area contributed by atoms with E-state index in [-0.39, 0.29) is 12.4 Å². The highest BCUT2D eigenvalue weighted by atomic mass is 35.5. The van der Waals surface area contributed by atoms with Gasteiger partial charge in [0, 0.05) is 34.1 Å². The van der Waals surface area contributed by atoms with Gasteiger partial charge < -0.3 is 10.1 Å². The first-order valence-electron chi connectivity index (χ1n) is 7.60. The molecule has 5 heteroatoms. The summed E-state index contributed by atoms with van der Waals surface area (Å²) in [6.45, 7) is 1.61. The highest BCUT2D eigenvalue weighted by Crippen LogP contribution is 2.24. The minimum atomic E-state index is -0.260. The average Bonchev–Trinajstić information content (AvgIpc) is 3.09. The number of nitrogens with one attached hydrogen (secondary N) is 1. The molecule has 0 radical (unpaired) electrons. The maximum Gasteiger partial charge on any atom is 0.129 e. The summed E-state index contributed by atoms with van der Waals surface area (Å²) in [4.78, 5) is 1.27. The van der Waals surface area contributed by atoms with Crippen LogP contribution in [0.1, 0.15) is 16.0 Å². The van der Waals surface area contributed by atoms with Crippen molar-refractivity contribution in [2.45, 2.75) is 19.7 Å². The van der Waals surface area contributed by atoms with Crippen molar-refractivity contribution in [3.8, 4) is 5.75 Å². The number of halogens is 2. The standard InChI is InChI=1S/C19H17ClFNOS/c20-16-7-8-19(23-13-14-4-1-2-6-18(14)21)15(10-16)11-22-12-17-5-3-9-24-17/h1-10,22H,11-13H2. The van der Waals surface area contributed by atoms with Crippen molar-refractivity contribution in [3.63, 3.8) is 0 Å². The van der Waals surface area contributed by atoms with Crippen molar-refractivity contribution in [1.29, 1.82) is 0 Å². The molecule has 1 aromatic heterocycles. The number of rotatable bonds is 7. The van der Waals surface area contributed by atoms with Crippen LogP contribution in [0.15, 0.2) is 60.0 Å². The molecule has 3 rings (SSSR count). The summed E-state index contributed by atoms with van der Waals surface area (Å²) in [6, 6.07) is 16.2. The predicted octanol–water partition coefficient (Wildman–Crippen LogP) is 5.41. The summed E-state index contributed by atoms with van der Waals surface area (Å²) in [5.74, 6) is 0.449. The molecule has 0 bridgehead atoms. The van der Waals surface area contributed by atoms with Gasteiger partial charge in [-0.1, -0.05) is 35.9 Å². The Morgan fingerprint density at radius 1 is 1.00 bits per heavy atom. The van der Waals surface area contributed by atoms with E-state index in [4.69, 9.17) is 16.3 Å². The van der Waals surface area contributed by atoms with Gasteiger partial charge in [0.15, 0.2) is 0 Å². The molecule has 3 aromatic rings. The van der Waals surface area contributed by atoms with Gasteiger partial charge in [0.05, 0.1) is 0 Å². The molecule has 0 aliphatic heterocycles. The number of hydrogen-bond acceptors (Lipinski definition) is 3. The Labute approximate surface area is 149 Å². The fourth-order valence-electron chi connectivity index (χ4n) is 2.33. The molecule has 0 spiro atoms. The molecule has 2 nitrogen and oxygen atoms in total. The lowest BCUT2D eigenvalue weighted by Crippen LogP contribution is -2.13. The third kappa shape index (κ3) is 4.57. The van der Waals surface area contributed by atoms with Crippen LogP contribution in [-0.2, 0) is 19.7 Å². The van der Waals surface area contributed by atoms with E-state index in [1.165, 1.54) is 10.9 Å². The summed E-state index contributed by atoms with van der Waals surface area (Å²) in [6.07, 6.45) is 0. The van der Waals surface area contributed by atoms with Gasteiger partial charge in [-0.15, -0.1) is 11.3 Å². The Bertz CT molecular complexity index is 792. The van der Waals surface area contributed by atoms with Gasteiger partial charge in [-0.2, -0.15) is 0 Å². The van der Waals surface area contributed by atoms with E-state index in [0.717, 1.165) is 12.1 Å². The van der Waals surface area contributed by atoms with Crippen LogP contribution in [0.25, 0.3) is 0 Å². The number of ether oxygens (including phenoxy) is 1. The number of benzene rings is 2. The zero-order valence-corrected chi connectivity index (χ0v) is 14.5. The molecule has 0 saturated heterocycles. The van der Waals surface area contributed by atoms with E-state index in [0.29, 0.717) is 22.9 Å². The van der Waals surface area contributed by atoms with Gasteiger partial charge in [0.25, 0.3) is 0 Å². The summed E-state index contributed by atoms with van der Waals surface area (Å²) in [5, 5.41) is 6.09. The maximum absolute atomic E-state index is 13.7. The van der Waals surface area contributed by atoms with Crippen molar-refractivity contribution in [2.75, 3.05) is 0 Å². The number of thiophene rings is 1. The summed E-state index contributed by atoms with van der Waals surface area (Å²) in [5.41, 5.74) is 1.49. The zero-order valence-electron chi connectivity index (χ0n) is 13.0. The lowest BCUT2D eigenvalue weighted by atomic mass is 10.2. The van der Waals surface area contributed by atoms with Crippen LogP contribution in [0.2, 0.25) is 5.02 Å². The Morgan fingerprint density at radius 3 is 2.67 bits per heavy atom. The van der Waals surface area contributed by atoms with Crippen LogP contribution >= 0.6 is 22.9 Å². The Balaban J connectivity index is 1.65. The van der Waals surface area contributed by atoms with Crippen LogP contribution in [0.3, 0.4) is 0 Å². The maximum atomic E-state index is 13.7. The molecule has 124 valence electrons. The third-order valence-electron chi connectivity index (χ3n) is 3.56. The highest BCUT2D eigenvalue weighted by Gasteiger charge is 2.07. The molecule has 0 aliphatic carbocycles. The molecule has 0 atom stereocenters. The Hall–Kier alpha value is -1.88. The second kappa shape index (κ2) is 8.29. The Kier molecular flexibility index (Phi) is 5.86. The van der Waals surface area contributed by atoms with Crippen molar-refractivity contribution in [2.24, 2.45) is 0 Å². The first-order valence-corrected chi connectivity index (χ1v) is 8.86. The van der Waals surface area contributed by atoms with Gasteiger partial charge in [-0.3, -0.25) is 0 Å². The molecule has 0 amide bonds. The summed E-state index contributed by atoms with van der Waals surface area (Å²) >= 11 is 7.81. The molecule has 0 unspecified atom stereocenters. The molecule has 1 N–H and O–H groups in total. The Morgan fingerprint density at radius 2 is 1.88 bits per heavy atom. The van der Waals surface area contributed by atoms with E-state index in [1.54, 1.807) is 35.6 Å². The van der Waals surface area contributed by atoms with Crippen molar-refractivity contribution >= 4 is 22.9 Å². The van der Waals surface area contributed by atoms with E-state index < -0.39 is 0 Å². The second-order valence-electron chi connectivity index (χ2n) is 5.32. The van der Waals surface area contributed by atoms with Gasteiger partial charge in [0.2, 0.25) is 0 Å². The van der Waals surface area contributed by atoms with Gasteiger partial charge in [0.1, 0.15) is 18.2 Å². The first kappa shape index (κ1) is 17.0. The lowest BCUT2D eigenvalue weighted by molar-refractivity contribution is 0.296. The topological polar surface area (TPSA) is 21.3 Å². The SMILES string of the molecule is Fc1ccccc1COc1ccc(Cl)cc1CNCc1cccs1. The number of hydrogen-bond donors (Lipinski definition) is 1. The molecule has 0 fully saturated rings. The van der Waals surface area contributed by atoms with Crippen LogP contribution in [0, 0.1) is 5.82 Å². The van der Waals surface area contributed by atoms with Gasteiger partial charge >= 0.3 is 0 Å². The smallest absolute Gasteiger partial charge is 0.129 e. The minimum absolute atomic E-state index is 0.187. The normalized spacial score (nSPS) is 10.8. The van der Waals surface area contributed by atoms with Crippen LogP contribution in [0.5, 0.6) is 5.75 Å². The summed E-state index contributed by atoms with van der Waals surface area (Å²) in [7, 11) is 0. The van der Waals surface area contributed by atoms with E-state index in [9.17, 15) is 4.39 Å². The van der Waals surface area contributed by atoms with E-state index in [2.05, 4.69) is 16.8 Å². The molecular formula is C19H17ClFNOS. The second-order valence-corrected chi connectivity index (χ2v) is 6.78.